The summed E-state index contributed by atoms with van der Waals surface area (Å²) in [4.78, 5) is 16.6. The first-order chi connectivity index (χ1) is 8.82. The molecule has 0 N–H and O–H groups in total. The molecule has 0 saturated heterocycles. The third-order valence-corrected chi connectivity index (χ3v) is 7.28. The highest BCUT2D eigenvalue weighted by molar-refractivity contribution is 5.89. The Kier molecular flexibility index (Phi) is 0.975. The minimum absolute atomic E-state index is 0.00865. The molecule has 90 valence electrons. The van der Waals surface area contributed by atoms with Crippen LogP contribution in [0.25, 0.3) is 0 Å². The summed E-state index contributed by atoms with van der Waals surface area (Å²) in [5.74, 6) is 4.29. The van der Waals surface area contributed by atoms with Crippen LogP contribution in [-0.2, 0) is 14.9 Å². The van der Waals surface area contributed by atoms with Gasteiger partial charge in [0.25, 0.3) is 0 Å². The van der Waals surface area contributed by atoms with E-state index in [1.165, 1.54) is 5.69 Å². The Morgan fingerprint density at radius 3 is 2.33 bits per heavy atom. The van der Waals surface area contributed by atoms with E-state index in [1.807, 2.05) is 12.3 Å². The predicted octanol–water partition coefficient (Wildman–Crippen LogP) is 1.24. The maximum Gasteiger partial charge on any atom is 0.312 e. The molecule has 6 aliphatic rings. The van der Waals surface area contributed by atoms with E-state index in [4.69, 9.17) is 4.74 Å². The van der Waals surface area contributed by atoms with Crippen LogP contribution in [-0.4, -0.2) is 18.1 Å². The fourth-order valence-corrected chi connectivity index (χ4v) is 7.24. The van der Waals surface area contributed by atoms with Crippen molar-refractivity contribution in [1.82, 2.24) is 4.98 Å². The molecule has 0 amide bonds. The topological polar surface area (TPSA) is 39.2 Å². The van der Waals surface area contributed by atoms with E-state index < -0.39 is 0 Å². The second-order valence-electron chi connectivity index (χ2n) is 6.73. The van der Waals surface area contributed by atoms with E-state index in [-0.39, 0.29) is 11.4 Å². The van der Waals surface area contributed by atoms with Crippen molar-refractivity contribution >= 4 is 5.97 Å². The summed E-state index contributed by atoms with van der Waals surface area (Å²) in [6.45, 7) is 0. The predicted molar refractivity (Wildman–Crippen MR) is 61.3 cm³/mol. The quantitative estimate of drug-likeness (QED) is 0.729. The van der Waals surface area contributed by atoms with Crippen molar-refractivity contribution in [2.45, 2.75) is 5.41 Å². The molecule has 6 fully saturated rings. The number of carbonyl (C=O) groups is 1. The van der Waals surface area contributed by atoms with Crippen molar-refractivity contribution in [3.05, 3.63) is 30.1 Å². The minimum Gasteiger partial charge on any atom is -0.469 e. The van der Waals surface area contributed by atoms with Gasteiger partial charge in [0, 0.05) is 17.3 Å². The molecular formula is C15H13NO2. The standard InChI is InChI=1S/C15H13NO2/c1-18-13(17)15-10-7-11(15)9-12(15)8(10)14(7,9)6-4-2-3-5-16-6/h2-5,7-12H,1H3. The lowest BCUT2D eigenvalue weighted by molar-refractivity contribution is -0.613. The van der Waals surface area contributed by atoms with E-state index in [9.17, 15) is 4.79 Å². The summed E-state index contributed by atoms with van der Waals surface area (Å²) in [7, 11) is 1.54. The van der Waals surface area contributed by atoms with Gasteiger partial charge >= 0.3 is 5.97 Å². The van der Waals surface area contributed by atoms with Crippen LogP contribution in [0.2, 0.25) is 0 Å². The van der Waals surface area contributed by atoms with Gasteiger partial charge in [0.15, 0.2) is 0 Å². The third kappa shape index (κ3) is 0.417. The number of hydrogen-bond donors (Lipinski definition) is 0. The van der Waals surface area contributed by atoms with Gasteiger partial charge in [0.2, 0.25) is 0 Å². The SMILES string of the molecule is COC(=O)C12C3C4C1C1C2C3C41c1ccccn1. The normalized spacial score (nSPS) is 62.3. The summed E-state index contributed by atoms with van der Waals surface area (Å²) < 4.78 is 5.04. The number of nitrogens with zero attached hydrogens (tertiary/aromatic N) is 1. The number of hydrogen-bond acceptors (Lipinski definition) is 3. The Hall–Kier alpha value is -1.38. The molecule has 1 heterocycles. The molecule has 0 unspecified atom stereocenters. The summed E-state index contributed by atoms with van der Waals surface area (Å²) in [6, 6.07) is 6.27. The van der Waals surface area contributed by atoms with Gasteiger partial charge in [-0.15, -0.1) is 0 Å². The Bertz CT molecular complexity index is 569. The molecule has 18 heavy (non-hydrogen) atoms. The Balaban J connectivity index is 1.45. The summed E-state index contributed by atoms with van der Waals surface area (Å²) in [5.41, 5.74) is 1.69. The molecule has 0 bridgehead atoms. The molecule has 1 aromatic rings. The maximum atomic E-state index is 12.0. The molecule has 7 rings (SSSR count). The summed E-state index contributed by atoms with van der Waals surface area (Å²) in [5, 5.41) is 0. The zero-order chi connectivity index (χ0) is 11.9. The number of carbonyl (C=O) groups excluding carboxylic acids is 1. The number of ether oxygens (including phenoxy) is 1. The van der Waals surface area contributed by atoms with Crippen LogP contribution in [0.1, 0.15) is 5.69 Å². The van der Waals surface area contributed by atoms with Crippen LogP contribution in [0, 0.1) is 40.9 Å². The lowest BCUT2D eigenvalue weighted by Crippen LogP contribution is -3.12. The molecule has 0 atom stereocenters. The van der Waals surface area contributed by atoms with Gasteiger partial charge in [0.05, 0.1) is 12.5 Å². The fraction of sp³-hybridized carbons (Fsp3) is 0.600. The Morgan fingerprint density at radius 1 is 1.17 bits per heavy atom. The third-order valence-electron chi connectivity index (χ3n) is 7.28. The fourth-order valence-electron chi connectivity index (χ4n) is 7.24. The number of aromatic nitrogens is 1. The van der Waals surface area contributed by atoms with Crippen molar-refractivity contribution in [1.29, 1.82) is 0 Å². The summed E-state index contributed by atoms with van der Waals surface area (Å²) in [6.07, 6.45) is 1.91. The molecule has 3 nitrogen and oxygen atoms in total. The van der Waals surface area contributed by atoms with Crippen LogP contribution in [0.15, 0.2) is 24.4 Å². The number of methoxy groups -OCH3 is 1. The molecule has 1 aromatic heterocycles. The lowest BCUT2D eigenvalue weighted by atomic mass is 8.92. The summed E-state index contributed by atoms with van der Waals surface area (Å²) >= 11 is 0. The first kappa shape index (κ1) is 8.68. The molecule has 6 saturated carbocycles. The second kappa shape index (κ2) is 2.02. The highest BCUT2D eigenvalue weighted by Crippen LogP contribution is 3.09. The highest BCUT2D eigenvalue weighted by atomic mass is 16.5. The van der Waals surface area contributed by atoms with Gasteiger partial charge in [-0.25, -0.2) is 0 Å². The minimum atomic E-state index is -0.00865. The van der Waals surface area contributed by atoms with Gasteiger partial charge in [-0.05, 0) is 47.6 Å². The first-order valence-electron chi connectivity index (χ1n) is 6.82. The molecule has 0 spiro atoms. The number of esters is 1. The largest absolute Gasteiger partial charge is 0.469 e. The van der Waals surface area contributed by atoms with E-state index in [1.54, 1.807) is 7.11 Å². The first-order valence-corrected chi connectivity index (χ1v) is 6.82. The van der Waals surface area contributed by atoms with Gasteiger partial charge in [-0.3, -0.25) is 9.78 Å². The molecule has 0 radical (unpaired) electrons. The van der Waals surface area contributed by atoms with E-state index in [0.29, 0.717) is 23.2 Å². The smallest absolute Gasteiger partial charge is 0.312 e. The highest BCUT2D eigenvalue weighted by Gasteiger charge is 3.12. The molecular weight excluding hydrogens is 226 g/mol. The molecule has 0 aliphatic heterocycles. The molecule has 0 aromatic carbocycles. The van der Waals surface area contributed by atoms with Gasteiger partial charge in [0.1, 0.15) is 0 Å². The van der Waals surface area contributed by atoms with Crippen molar-refractivity contribution in [3.8, 4) is 0 Å². The van der Waals surface area contributed by atoms with E-state index in [0.717, 1.165) is 17.8 Å². The van der Waals surface area contributed by atoms with Crippen molar-refractivity contribution in [2.75, 3.05) is 7.11 Å². The molecule has 6 aliphatic carbocycles. The van der Waals surface area contributed by atoms with Crippen LogP contribution < -0.4 is 0 Å². The average Bonchev–Trinajstić information content (AvgIpc) is 2.47. The van der Waals surface area contributed by atoms with E-state index in [2.05, 4.69) is 17.1 Å². The van der Waals surface area contributed by atoms with Gasteiger partial charge < -0.3 is 4.74 Å². The van der Waals surface area contributed by atoms with Crippen LogP contribution in [0.5, 0.6) is 0 Å². The van der Waals surface area contributed by atoms with Gasteiger partial charge in [-0.2, -0.15) is 0 Å². The van der Waals surface area contributed by atoms with Crippen molar-refractivity contribution < 1.29 is 9.53 Å². The zero-order valence-corrected chi connectivity index (χ0v) is 10.0. The lowest BCUT2D eigenvalue weighted by Gasteiger charge is -3.10. The Morgan fingerprint density at radius 2 is 1.83 bits per heavy atom. The number of rotatable bonds is 2. The maximum absolute atomic E-state index is 12.0. The molecule has 3 heteroatoms. The second-order valence-corrected chi connectivity index (χ2v) is 6.73. The van der Waals surface area contributed by atoms with Crippen LogP contribution >= 0.6 is 0 Å². The van der Waals surface area contributed by atoms with E-state index >= 15 is 0 Å². The van der Waals surface area contributed by atoms with Crippen LogP contribution in [0.4, 0.5) is 0 Å². The Labute approximate surface area is 105 Å². The number of pyridine rings is 1. The average molecular weight is 239 g/mol. The zero-order valence-electron chi connectivity index (χ0n) is 10.0. The van der Waals surface area contributed by atoms with Gasteiger partial charge in [-0.1, -0.05) is 6.07 Å². The van der Waals surface area contributed by atoms with Crippen molar-refractivity contribution in [3.63, 3.8) is 0 Å². The monoisotopic (exact) mass is 239 g/mol. The van der Waals surface area contributed by atoms with Crippen LogP contribution in [0.3, 0.4) is 0 Å². The van der Waals surface area contributed by atoms with Crippen molar-refractivity contribution in [2.24, 2.45) is 40.9 Å².